The van der Waals surface area contributed by atoms with E-state index in [9.17, 15) is 0 Å². The molecule has 0 bridgehead atoms. The Morgan fingerprint density at radius 2 is 0.975 bits per heavy atom. The molecule has 40 heavy (non-hydrogen) atoms. The normalized spacial score (nSPS) is 14.4. The molecular weight excluding hydrogens is 484 g/mol. The van der Waals surface area contributed by atoms with Gasteiger partial charge < -0.3 is 4.98 Å². The maximum absolute atomic E-state index is 4.85. The molecular formula is C38H26N2. The van der Waals surface area contributed by atoms with E-state index < -0.39 is 0 Å². The zero-order valence-electron chi connectivity index (χ0n) is 21.9. The third-order valence-corrected chi connectivity index (χ3v) is 8.03. The molecule has 8 rings (SSSR count). The quantitative estimate of drug-likeness (QED) is 0.239. The van der Waals surface area contributed by atoms with Crippen LogP contribution in [0.4, 0.5) is 0 Å². The van der Waals surface area contributed by atoms with Crippen molar-refractivity contribution in [2.24, 2.45) is 4.99 Å². The highest BCUT2D eigenvalue weighted by atomic mass is 15.0. The highest BCUT2D eigenvalue weighted by molar-refractivity contribution is 6.17. The van der Waals surface area contributed by atoms with E-state index in [1.165, 1.54) is 66.5 Å². The first-order valence-electron chi connectivity index (χ1n) is 13.8. The fourth-order valence-electron chi connectivity index (χ4n) is 6.07. The lowest BCUT2D eigenvalue weighted by Gasteiger charge is -2.13. The number of benzene rings is 6. The highest BCUT2D eigenvalue weighted by Crippen LogP contribution is 2.41. The minimum atomic E-state index is 0.167. The second-order valence-corrected chi connectivity index (χ2v) is 10.4. The van der Waals surface area contributed by atoms with Crippen molar-refractivity contribution in [1.29, 1.82) is 0 Å². The van der Waals surface area contributed by atoms with Crippen LogP contribution < -0.4 is 0 Å². The zero-order chi connectivity index (χ0) is 26.5. The van der Waals surface area contributed by atoms with Gasteiger partial charge in [-0.3, -0.25) is 4.99 Å². The molecule has 2 heteroatoms. The van der Waals surface area contributed by atoms with Gasteiger partial charge >= 0.3 is 0 Å². The van der Waals surface area contributed by atoms with Crippen LogP contribution in [0.3, 0.4) is 0 Å². The first kappa shape index (κ1) is 22.7. The maximum atomic E-state index is 4.85. The monoisotopic (exact) mass is 510 g/mol. The number of H-pyrrole nitrogens is 1. The fourth-order valence-corrected chi connectivity index (χ4v) is 6.07. The van der Waals surface area contributed by atoms with Crippen molar-refractivity contribution >= 4 is 27.5 Å². The Hall–Kier alpha value is -5.21. The molecule has 1 unspecified atom stereocenters. The van der Waals surface area contributed by atoms with E-state index in [0.717, 1.165) is 5.52 Å². The Labute approximate surface area is 233 Å². The first-order chi connectivity index (χ1) is 19.8. The molecule has 6 aromatic carbocycles. The summed E-state index contributed by atoms with van der Waals surface area (Å²) in [6.45, 7) is 0. The van der Waals surface area contributed by atoms with Crippen molar-refractivity contribution in [3.8, 4) is 33.4 Å². The first-order valence-corrected chi connectivity index (χ1v) is 13.8. The second-order valence-electron chi connectivity index (χ2n) is 10.4. The average Bonchev–Trinajstić information content (AvgIpc) is 3.74. The van der Waals surface area contributed by atoms with Crippen LogP contribution in [0.15, 0.2) is 151 Å². The molecule has 0 saturated heterocycles. The van der Waals surface area contributed by atoms with Gasteiger partial charge in [-0.1, -0.05) is 133 Å². The van der Waals surface area contributed by atoms with Gasteiger partial charge in [0, 0.05) is 27.4 Å². The van der Waals surface area contributed by atoms with Gasteiger partial charge in [-0.15, -0.1) is 0 Å². The van der Waals surface area contributed by atoms with Gasteiger partial charge in [-0.25, -0.2) is 0 Å². The molecule has 1 aliphatic heterocycles. The fraction of sp³-hybridized carbons (Fsp3) is 0.0263. The maximum Gasteiger partial charge on any atom is 0.118 e. The van der Waals surface area contributed by atoms with Crippen molar-refractivity contribution in [2.75, 3.05) is 0 Å². The molecule has 0 fully saturated rings. The highest BCUT2D eigenvalue weighted by Gasteiger charge is 2.32. The molecule has 1 aromatic heterocycles. The Bertz CT molecular complexity index is 2050. The second kappa shape index (κ2) is 9.21. The van der Waals surface area contributed by atoms with Crippen LogP contribution in [0, 0.1) is 0 Å². The number of aromatic amines is 1. The van der Waals surface area contributed by atoms with E-state index >= 15 is 0 Å². The third-order valence-electron chi connectivity index (χ3n) is 8.03. The minimum absolute atomic E-state index is 0.167. The summed E-state index contributed by atoms with van der Waals surface area (Å²) in [4.78, 5) is 8.44. The van der Waals surface area contributed by atoms with E-state index in [4.69, 9.17) is 4.99 Å². The Kier molecular flexibility index (Phi) is 5.24. The molecule has 1 aliphatic rings. The van der Waals surface area contributed by atoms with Crippen molar-refractivity contribution < 1.29 is 0 Å². The van der Waals surface area contributed by atoms with Crippen LogP contribution in [0.5, 0.6) is 0 Å². The van der Waals surface area contributed by atoms with Crippen molar-refractivity contribution in [2.45, 2.75) is 6.04 Å². The number of hydrogen-bond donors (Lipinski definition) is 1. The van der Waals surface area contributed by atoms with Gasteiger partial charge in [0.1, 0.15) is 6.04 Å². The number of para-hydroxylation sites is 1. The minimum Gasteiger partial charge on any atom is -0.354 e. The predicted octanol–water partition coefficient (Wildman–Crippen LogP) is 9.87. The van der Waals surface area contributed by atoms with E-state index in [0.29, 0.717) is 0 Å². The Balaban J connectivity index is 1.18. The molecule has 188 valence electrons. The van der Waals surface area contributed by atoms with Gasteiger partial charge in [0.2, 0.25) is 0 Å². The molecule has 1 N–H and O–H groups in total. The van der Waals surface area contributed by atoms with E-state index in [1.54, 1.807) is 0 Å². The van der Waals surface area contributed by atoms with E-state index in [2.05, 4.69) is 151 Å². The standard InChI is InChI=1S/C38H26N2/c1-2-11-27(12-3-1)37-38(40-37)32-16-7-5-14-29(32)26-23-21-25(22-24-26)28-13-4-6-15-30(28)31-18-10-20-35-36(31)33-17-8-9-19-34(33)39-35/h1-24,37,39H. The molecule has 0 saturated carbocycles. The zero-order valence-corrected chi connectivity index (χ0v) is 21.9. The lowest BCUT2D eigenvalue weighted by molar-refractivity contribution is 1.13. The molecule has 2 nitrogen and oxygen atoms in total. The summed E-state index contributed by atoms with van der Waals surface area (Å²) in [6.07, 6.45) is 0. The van der Waals surface area contributed by atoms with Crippen LogP contribution in [0.25, 0.3) is 55.2 Å². The summed E-state index contributed by atoms with van der Waals surface area (Å²) in [6, 6.07) is 52.2. The van der Waals surface area contributed by atoms with Crippen molar-refractivity contribution in [1.82, 2.24) is 4.98 Å². The smallest absolute Gasteiger partial charge is 0.118 e. The number of nitrogens with one attached hydrogen (secondary N) is 1. The molecule has 0 radical (unpaired) electrons. The van der Waals surface area contributed by atoms with Gasteiger partial charge in [-0.2, -0.15) is 0 Å². The lowest BCUT2D eigenvalue weighted by Crippen LogP contribution is -1.96. The average molecular weight is 511 g/mol. The summed E-state index contributed by atoms with van der Waals surface area (Å²) >= 11 is 0. The number of rotatable bonds is 5. The van der Waals surface area contributed by atoms with Crippen LogP contribution >= 0.6 is 0 Å². The number of fused-ring (bicyclic) bond motifs is 3. The number of hydrogen-bond acceptors (Lipinski definition) is 1. The third kappa shape index (κ3) is 3.77. The molecule has 0 aliphatic carbocycles. The van der Waals surface area contributed by atoms with Gasteiger partial charge in [0.25, 0.3) is 0 Å². The number of nitrogens with zero attached hydrogens (tertiary/aromatic N) is 1. The predicted molar refractivity (Wildman–Crippen MR) is 168 cm³/mol. The van der Waals surface area contributed by atoms with Crippen LogP contribution in [-0.4, -0.2) is 10.7 Å². The summed E-state index contributed by atoms with van der Waals surface area (Å²) in [5.74, 6) is 0. The number of aromatic nitrogens is 1. The molecule has 0 spiro atoms. The van der Waals surface area contributed by atoms with Crippen LogP contribution in [0.1, 0.15) is 17.2 Å². The van der Waals surface area contributed by atoms with Crippen molar-refractivity contribution in [3.63, 3.8) is 0 Å². The van der Waals surface area contributed by atoms with Gasteiger partial charge in [-0.05, 0) is 51.1 Å². The largest absolute Gasteiger partial charge is 0.354 e. The Morgan fingerprint density at radius 1 is 0.425 bits per heavy atom. The van der Waals surface area contributed by atoms with Crippen LogP contribution in [-0.2, 0) is 0 Å². The number of aliphatic imine (C=N–C) groups is 1. The molecule has 1 atom stereocenters. The van der Waals surface area contributed by atoms with Gasteiger partial charge in [0.15, 0.2) is 0 Å². The van der Waals surface area contributed by atoms with Crippen molar-refractivity contribution in [3.05, 3.63) is 157 Å². The summed E-state index contributed by atoms with van der Waals surface area (Å²) < 4.78 is 0. The molecule has 2 heterocycles. The summed E-state index contributed by atoms with van der Waals surface area (Å²) in [5, 5.41) is 2.53. The van der Waals surface area contributed by atoms with E-state index in [1.807, 2.05) is 0 Å². The topological polar surface area (TPSA) is 28.1 Å². The van der Waals surface area contributed by atoms with E-state index in [-0.39, 0.29) is 6.04 Å². The van der Waals surface area contributed by atoms with Gasteiger partial charge in [0.05, 0.1) is 5.71 Å². The lowest BCUT2D eigenvalue weighted by atomic mass is 9.90. The Morgan fingerprint density at radius 3 is 1.73 bits per heavy atom. The molecule has 7 aromatic rings. The van der Waals surface area contributed by atoms with Crippen LogP contribution in [0.2, 0.25) is 0 Å². The summed E-state index contributed by atoms with van der Waals surface area (Å²) in [5.41, 5.74) is 13.3. The summed E-state index contributed by atoms with van der Waals surface area (Å²) in [7, 11) is 0. The molecule has 0 amide bonds. The SMILES string of the molecule is c1ccc(C2N=C2c2ccccc2-c2ccc(-c3ccccc3-c3cccc4[nH]c5ccccc5c34)cc2)cc1.